The van der Waals surface area contributed by atoms with Crippen molar-refractivity contribution in [2.24, 2.45) is 0 Å². The second-order valence-electron chi connectivity index (χ2n) is 5.03. The van der Waals surface area contributed by atoms with E-state index in [2.05, 4.69) is 26.6 Å². The molecule has 1 amide bonds. The lowest BCUT2D eigenvalue weighted by Gasteiger charge is -2.26. The van der Waals surface area contributed by atoms with Crippen LogP contribution in [-0.2, 0) is 9.53 Å². The van der Waals surface area contributed by atoms with Gasteiger partial charge in [0.2, 0.25) is 5.91 Å². The molecule has 1 aliphatic heterocycles. The molecule has 0 radical (unpaired) electrons. The van der Waals surface area contributed by atoms with Crippen LogP contribution in [0.4, 0.5) is 5.69 Å². The van der Waals surface area contributed by atoms with Gasteiger partial charge in [-0.3, -0.25) is 4.79 Å². The molecular formula is C14H19BrN2O3. The fraction of sp³-hybridized carbons (Fsp3) is 0.500. The molecule has 1 saturated heterocycles. The topological polar surface area (TPSA) is 70.6 Å². The van der Waals surface area contributed by atoms with Crippen molar-refractivity contribution in [3.05, 3.63) is 28.7 Å². The van der Waals surface area contributed by atoms with Crippen LogP contribution in [0.25, 0.3) is 0 Å². The van der Waals surface area contributed by atoms with Crippen molar-refractivity contribution in [2.45, 2.75) is 25.0 Å². The smallest absolute Gasteiger partial charge is 0.238 e. The highest BCUT2D eigenvalue weighted by atomic mass is 79.9. The zero-order chi connectivity index (χ0) is 14.6. The zero-order valence-electron chi connectivity index (χ0n) is 11.4. The Hall–Kier alpha value is -0.950. The molecule has 1 aromatic carbocycles. The molecule has 1 fully saturated rings. The number of anilines is 1. The molecule has 0 spiro atoms. The third-order valence-electron chi connectivity index (χ3n) is 3.50. The summed E-state index contributed by atoms with van der Waals surface area (Å²) in [5, 5.41) is 16.0. The van der Waals surface area contributed by atoms with Crippen molar-refractivity contribution in [3.8, 4) is 0 Å². The summed E-state index contributed by atoms with van der Waals surface area (Å²) in [7, 11) is 0. The first-order valence-corrected chi connectivity index (χ1v) is 7.39. The minimum Gasteiger partial charge on any atom is -0.386 e. The number of nitrogens with one attached hydrogen (secondary N) is 2. The van der Waals surface area contributed by atoms with Gasteiger partial charge in [-0.15, -0.1) is 0 Å². The quantitative estimate of drug-likeness (QED) is 0.758. The summed E-state index contributed by atoms with van der Waals surface area (Å²) in [6.45, 7) is 2.91. The Bertz CT molecular complexity index is 466. The molecule has 0 bridgehead atoms. The summed E-state index contributed by atoms with van der Waals surface area (Å²) in [5.41, 5.74) is -0.131. The maximum Gasteiger partial charge on any atom is 0.238 e. The molecule has 5 nitrogen and oxygen atoms in total. The Labute approximate surface area is 126 Å². The maximum atomic E-state index is 11.8. The molecule has 0 saturated carbocycles. The lowest BCUT2D eigenvalue weighted by molar-refractivity contribution is -0.115. The third-order valence-corrected chi connectivity index (χ3v) is 4.03. The van der Waals surface area contributed by atoms with E-state index in [9.17, 15) is 9.90 Å². The van der Waals surface area contributed by atoms with Crippen LogP contribution >= 0.6 is 15.9 Å². The average Bonchev–Trinajstić information content (AvgIpc) is 2.73. The molecule has 110 valence electrons. The van der Waals surface area contributed by atoms with Gasteiger partial charge in [-0.05, 0) is 31.2 Å². The predicted molar refractivity (Wildman–Crippen MR) is 80.6 cm³/mol. The molecule has 1 aromatic rings. The van der Waals surface area contributed by atoms with E-state index in [1.807, 2.05) is 31.2 Å². The Kier molecular flexibility index (Phi) is 5.15. The summed E-state index contributed by atoms with van der Waals surface area (Å²) < 4.78 is 6.30. The van der Waals surface area contributed by atoms with E-state index >= 15 is 0 Å². The van der Waals surface area contributed by atoms with E-state index in [-0.39, 0.29) is 18.6 Å². The Balaban J connectivity index is 1.74. The standard InChI is InChI=1S/C14H19BrN2O3/c1-10-14(19,6-7-20-10)9-16-8-13(18)17-12-4-2-11(15)3-5-12/h2-5,10,16,19H,6-9H2,1H3,(H,17,18). The first-order chi connectivity index (χ1) is 9.49. The number of hydrogen-bond donors (Lipinski definition) is 3. The summed E-state index contributed by atoms with van der Waals surface area (Å²) in [6.07, 6.45) is 0.389. The van der Waals surface area contributed by atoms with Gasteiger partial charge < -0.3 is 20.5 Å². The van der Waals surface area contributed by atoms with Crippen LogP contribution in [0.2, 0.25) is 0 Å². The van der Waals surface area contributed by atoms with Crippen LogP contribution in [0, 0.1) is 0 Å². The molecular weight excluding hydrogens is 324 g/mol. The van der Waals surface area contributed by atoms with Gasteiger partial charge in [-0.2, -0.15) is 0 Å². The summed E-state index contributed by atoms with van der Waals surface area (Å²) in [6, 6.07) is 7.37. The van der Waals surface area contributed by atoms with E-state index in [0.29, 0.717) is 19.6 Å². The Morgan fingerprint density at radius 2 is 2.20 bits per heavy atom. The van der Waals surface area contributed by atoms with Crippen LogP contribution in [0.1, 0.15) is 13.3 Å². The third kappa shape index (κ3) is 4.02. The van der Waals surface area contributed by atoms with Crippen molar-refractivity contribution in [1.29, 1.82) is 0 Å². The number of rotatable bonds is 5. The number of aliphatic hydroxyl groups is 1. The number of ether oxygens (including phenoxy) is 1. The molecule has 2 unspecified atom stereocenters. The number of benzene rings is 1. The zero-order valence-corrected chi connectivity index (χ0v) is 12.9. The highest BCUT2D eigenvalue weighted by Crippen LogP contribution is 2.24. The fourth-order valence-corrected chi connectivity index (χ4v) is 2.40. The number of hydrogen-bond acceptors (Lipinski definition) is 4. The number of carbonyl (C=O) groups excluding carboxylic acids is 1. The van der Waals surface area contributed by atoms with Gasteiger partial charge >= 0.3 is 0 Å². The van der Waals surface area contributed by atoms with Crippen LogP contribution in [-0.4, -0.2) is 42.4 Å². The average molecular weight is 343 g/mol. The SMILES string of the molecule is CC1OCCC1(O)CNCC(=O)Nc1ccc(Br)cc1. The normalized spacial score (nSPS) is 25.6. The Morgan fingerprint density at radius 1 is 1.50 bits per heavy atom. The first kappa shape index (κ1) is 15.4. The van der Waals surface area contributed by atoms with E-state index in [0.717, 1.165) is 10.2 Å². The van der Waals surface area contributed by atoms with Crippen LogP contribution in [0.3, 0.4) is 0 Å². The highest BCUT2D eigenvalue weighted by molar-refractivity contribution is 9.10. The van der Waals surface area contributed by atoms with Gasteiger partial charge in [0.15, 0.2) is 0 Å². The highest BCUT2D eigenvalue weighted by Gasteiger charge is 2.39. The first-order valence-electron chi connectivity index (χ1n) is 6.60. The van der Waals surface area contributed by atoms with Gasteiger partial charge in [0.05, 0.1) is 12.6 Å². The molecule has 2 atom stereocenters. The molecule has 0 aromatic heterocycles. The minimum atomic E-state index is -0.877. The fourth-order valence-electron chi connectivity index (χ4n) is 2.13. The molecule has 2 rings (SSSR count). The molecule has 6 heteroatoms. The lowest BCUT2D eigenvalue weighted by Crippen LogP contribution is -2.47. The van der Waals surface area contributed by atoms with Crippen molar-refractivity contribution in [2.75, 3.05) is 25.0 Å². The Morgan fingerprint density at radius 3 is 2.80 bits per heavy atom. The summed E-state index contributed by atoms with van der Waals surface area (Å²) >= 11 is 3.34. The largest absolute Gasteiger partial charge is 0.386 e. The van der Waals surface area contributed by atoms with E-state index < -0.39 is 5.60 Å². The van der Waals surface area contributed by atoms with Gasteiger partial charge in [0.25, 0.3) is 0 Å². The van der Waals surface area contributed by atoms with Crippen molar-refractivity contribution in [1.82, 2.24) is 5.32 Å². The van der Waals surface area contributed by atoms with Crippen LogP contribution in [0.5, 0.6) is 0 Å². The molecule has 3 N–H and O–H groups in total. The number of carbonyl (C=O) groups is 1. The number of halogens is 1. The minimum absolute atomic E-state index is 0.137. The van der Waals surface area contributed by atoms with Gasteiger partial charge in [0, 0.05) is 29.7 Å². The summed E-state index contributed by atoms with van der Waals surface area (Å²) in [4.78, 5) is 11.8. The molecule has 1 aliphatic rings. The van der Waals surface area contributed by atoms with E-state index in [1.54, 1.807) is 0 Å². The van der Waals surface area contributed by atoms with Crippen LogP contribution < -0.4 is 10.6 Å². The molecule has 1 heterocycles. The summed E-state index contributed by atoms with van der Waals surface area (Å²) in [5.74, 6) is -0.137. The second kappa shape index (κ2) is 6.67. The van der Waals surface area contributed by atoms with Gasteiger partial charge in [-0.1, -0.05) is 15.9 Å². The predicted octanol–water partition coefficient (Wildman–Crippen LogP) is 1.52. The van der Waals surface area contributed by atoms with Crippen molar-refractivity contribution in [3.63, 3.8) is 0 Å². The molecule has 0 aliphatic carbocycles. The van der Waals surface area contributed by atoms with Crippen molar-refractivity contribution >= 4 is 27.5 Å². The monoisotopic (exact) mass is 342 g/mol. The van der Waals surface area contributed by atoms with Gasteiger partial charge in [0.1, 0.15) is 5.60 Å². The second-order valence-corrected chi connectivity index (χ2v) is 5.94. The van der Waals surface area contributed by atoms with E-state index in [4.69, 9.17) is 4.74 Å². The number of amides is 1. The molecule has 20 heavy (non-hydrogen) atoms. The lowest BCUT2D eigenvalue weighted by atomic mass is 9.97. The maximum absolute atomic E-state index is 11.8. The van der Waals surface area contributed by atoms with E-state index in [1.165, 1.54) is 0 Å². The van der Waals surface area contributed by atoms with Crippen molar-refractivity contribution < 1.29 is 14.6 Å². The van der Waals surface area contributed by atoms with Gasteiger partial charge in [-0.25, -0.2) is 0 Å². The van der Waals surface area contributed by atoms with Crippen LogP contribution in [0.15, 0.2) is 28.7 Å².